The molecule has 0 bridgehead atoms. The maximum Gasteiger partial charge on any atom is 0.419 e. The van der Waals surface area contributed by atoms with E-state index >= 15 is 0 Å². The average molecular weight is 569 g/mol. The minimum Gasteiger partial charge on any atom is -0.418 e. The van der Waals surface area contributed by atoms with Gasteiger partial charge < -0.3 is 9.84 Å². The average Bonchev–Trinajstić information content (AvgIpc) is 2.99. The molecular weight excluding hydrogens is 539 g/mol. The van der Waals surface area contributed by atoms with Crippen molar-refractivity contribution >= 4 is 42.7 Å². The van der Waals surface area contributed by atoms with Gasteiger partial charge in [0.2, 0.25) is 0 Å². The molecule has 0 saturated heterocycles. The van der Waals surface area contributed by atoms with Crippen molar-refractivity contribution in [3.63, 3.8) is 0 Å². The second kappa shape index (κ2) is 12.0. The van der Waals surface area contributed by atoms with Gasteiger partial charge in [0, 0.05) is 47.8 Å². The van der Waals surface area contributed by atoms with Gasteiger partial charge in [-0.1, -0.05) is 66.9 Å². The third kappa shape index (κ3) is 5.89. The van der Waals surface area contributed by atoms with Crippen molar-refractivity contribution in [2.75, 3.05) is 18.8 Å². The topological polar surface area (TPSA) is 83.6 Å². The number of benzene rings is 3. The lowest BCUT2D eigenvalue weighted by Crippen LogP contribution is -2.31. The molecule has 0 fully saturated rings. The van der Waals surface area contributed by atoms with Gasteiger partial charge in [0.1, 0.15) is 5.75 Å². The Morgan fingerprint density at radius 2 is 1.85 bits per heavy atom. The standard InChI is InChI=1S/C31H29N4O3PS/c1-22(15-16-24-11-8-9-19-33-24)26-18-17-25(40-30-14-7-5-12-27(30)31(36)32-2)20-28(26)35(3)39(37)34-21-23-10-4-6-13-29(23)38-39/h4-20H,1,21H2,2-3H3,(H,32,36)(H,34,37)/b16-15+. The van der Waals surface area contributed by atoms with Crippen molar-refractivity contribution in [1.82, 2.24) is 15.4 Å². The van der Waals surface area contributed by atoms with E-state index in [1.807, 2.05) is 91.0 Å². The van der Waals surface area contributed by atoms with E-state index in [2.05, 4.69) is 22.0 Å². The lowest BCUT2D eigenvalue weighted by atomic mass is 10.0. The monoisotopic (exact) mass is 568 g/mol. The summed E-state index contributed by atoms with van der Waals surface area (Å²) < 4.78 is 21.9. The molecule has 1 aliphatic heterocycles. The Balaban J connectivity index is 1.53. The van der Waals surface area contributed by atoms with Gasteiger partial charge >= 0.3 is 7.67 Å². The van der Waals surface area contributed by atoms with Crippen molar-refractivity contribution in [2.45, 2.75) is 16.3 Å². The number of nitrogens with one attached hydrogen (secondary N) is 2. The van der Waals surface area contributed by atoms with Crippen LogP contribution in [0.2, 0.25) is 0 Å². The van der Waals surface area contributed by atoms with Gasteiger partial charge in [0.15, 0.2) is 0 Å². The second-order valence-corrected chi connectivity index (χ2v) is 12.3. The summed E-state index contributed by atoms with van der Waals surface area (Å²) in [7, 11) is -0.136. The van der Waals surface area contributed by atoms with Crippen LogP contribution in [0.25, 0.3) is 11.6 Å². The predicted molar refractivity (Wildman–Crippen MR) is 163 cm³/mol. The summed E-state index contributed by atoms with van der Waals surface area (Å²) in [5, 5.41) is 5.81. The molecule has 1 amide bonds. The molecule has 7 nitrogen and oxygen atoms in total. The highest BCUT2D eigenvalue weighted by atomic mass is 32.2. The number of para-hydroxylation sites is 1. The number of hydrogen-bond acceptors (Lipinski definition) is 5. The van der Waals surface area contributed by atoms with Crippen LogP contribution in [-0.4, -0.2) is 25.0 Å². The van der Waals surface area contributed by atoms with Crippen LogP contribution in [-0.2, 0) is 11.1 Å². The highest BCUT2D eigenvalue weighted by molar-refractivity contribution is 7.99. The molecule has 2 heterocycles. The number of carbonyl (C=O) groups is 1. The molecule has 0 radical (unpaired) electrons. The summed E-state index contributed by atoms with van der Waals surface area (Å²) >= 11 is 1.46. The first-order chi connectivity index (χ1) is 19.4. The number of nitrogens with zero attached hydrogens (tertiary/aromatic N) is 2. The Morgan fingerprint density at radius 1 is 1.07 bits per heavy atom. The van der Waals surface area contributed by atoms with E-state index in [1.54, 1.807) is 31.0 Å². The number of hydrogen-bond donors (Lipinski definition) is 2. The molecule has 0 aliphatic carbocycles. The van der Waals surface area contributed by atoms with Crippen molar-refractivity contribution in [2.24, 2.45) is 0 Å². The van der Waals surface area contributed by atoms with Crippen LogP contribution in [0, 0.1) is 0 Å². The summed E-state index contributed by atoms with van der Waals surface area (Å²) in [4.78, 5) is 18.5. The van der Waals surface area contributed by atoms with Crippen LogP contribution in [0.15, 0.2) is 114 Å². The quantitative estimate of drug-likeness (QED) is 0.174. The largest absolute Gasteiger partial charge is 0.419 e. The van der Waals surface area contributed by atoms with Gasteiger partial charge in [-0.3, -0.25) is 14.4 Å². The zero-order chi connectivity index (χ0) is 28.1. The van der Waals surface area contributed by atoms with Crippen molar-refractivity contribution < 1.29 is 13.9 Å². The van der Waals surface area contributed by atoms with Crippen LogP contribution in [0.1, 0.15) is 27.2 Å². The fourth-order valence-corrected chi connectivity index (χ4v) is 6.91. The summed E-state index contributed by atoms with van der Waals surface area (Å²) in [6.45, 7) is 4.72. The van der Waals surface area contributed by atoms with E-state index in [0.717, 1.165) is 32.2 Å². The van der Waals surface area contributed by atoms with E-state index in [9.17, 15) is 9.36 Å². The fraction of sp³-hybridized carbons (Fsp3) is 0.0968. The number of anilines is 1. The minimum atomic E-state index is -3.50. The summed E-state index contributed by atoms with van der Waals surface area (Å²) in [6, 6.07) is 26.6. The van der Waals surface area contributed by atoms with E-state index in [4.69, 9.17) is 4.52 Å². The molecule has 1 unspecified atom stereocenters. The Hall–Kier alpha value is -4.10. The molecule has 1 aliphatic rings. The summed E-state index contributed by atoms with van der Waals surface area (Å²) in [5.74, 6) is 0.435. The minimum absolute atomic E-state index is 0.159. The third-order valence-corrected chi connectivity index (χ3v) is 9.53. The SMILES string of the molecule is C=C(/C=C/c1ccccn1)c1ccc(Sc2ccccc2C(=O)NC)cc1N(C)P1(=O)NCc2ccccc2O1. The number of amides is 1. The molecular formula is C31H29N4O3PS. The number of pyridine rings is 1. The number of rotatable bonds is 8. The molecule has 202 valence electrons. The molecule has 4 aromatic rings. The predicted octanol–water partition coefficient (Wildman–Crippen LogP) is 7.05. The zero-order valence-electron chi connectivity index (χ0n) is 22.2. The number of carbonyl (C=O) groups excluding carboxylic acids is 1. The molecule has 3 aromatic carbocycles. The summed E-state index contributed by atoms with van der Waals surface area (Å²) in [5.41, 5.74) is 4.52. The smallest absolute Gasteiger partial charge is 0.418 e. The third-order valence-electron chi connectivity index (χ3n) is 6.45. The van der Waals surface area contributed by atoms with Gasteiger partial charge in [0.05, 0.1) is 16.9 Å². The molecule has 0 saturated carbocycles. The zero-order valence-corrected chi connectivity index (χ0v) is 23.9. The van der Waals surface area contributed by atoms with Crippen LogP contribution in [0.4, 0.5) is 5.69 Å². The molecule has 1 atom stereocenters. The van der Waals surface area contributed by atoms with Gasteiger partial charge in [-0.2, -0.15) is 0 Å². The number of aromatic nitrogens is 1. The molecule has 40 heavy (non-hydrogen) atoms. The molecule has 5 rings (SSSR count). The van der Waals surface area contributed by atoms with E-state index in [0.29, 0.717) is 23.5 Å². The molecule has 9 heteroatoms. The van der Waals surface area contributed by atoms with E-state index in [-0.39, 0.29) is 5.91 Å². The highest BCUT2D eigenvalue weighted by Gasteiger charge is 2.36. The van der Waals surface area contributed by atoms with Crippen LogP contribution < -0.4 is 19.6 Å². The maximum atomic E-state index is 14.2. The highest BCUT2D eigenvalue weighted by Crippen LogP contribution is 2.53. The lowest BCUT2D eigenvalue weighted by molar-refractivity contribution is 0.0960. The Morgan fingerprint density at radius 3 is 2.65 bits per heavy atom. The first-order valence-electron chi connectivity index (χ1n) is 12.7. The molecule has 2 N–H and O–H groups in total. The normalized spacial score (nSPS) is 16.1. The van der Waals surface area contributed by atoms with Gasteiger partial charge in [0.25, 0.3) is 5.91 Å². The van der Waals surface area contributed by atoms with Crippen LogP contribution in [0.3, 0.4) is 0 Å². The molecule has 1 aromatic heterocycles. The van der Waals surface area contributed by atoms with Crippen molar-refractivity contribution in [3.05, 3.63) is 126 Å². The first-order valence-corrected chi connectivity index (χ1v) is 15.1. The number of allylic oxidation sites excluding steroid dienone is 2. The maximum absolute atomic E-state index is 14.2. The van der Waals surface area contributed by atoms with Gasteiger partial charge in [-0.25, -0.2) is 9.65 Å². The lowest BCUT2D eigenvalue weighted by Gasteiger charge is -2.35. The molecule has 0 spiro atoms. The van der Waals surface area contributed by atoms with Crippen molar-refractivity contribution in [3.8, 4) is 5.75 Å². The van der Waals surface area contributed by atoms with Gasteiger partial charge in [-0.05, 0) is 54.1 Å². The Kier molecular flexibility index (Phi) is 8.21. The fourth-order valence-electron chi connectivity index (χ4n) is 4.27. The van der Waals surface area contributed by atoms with Crippen LogP contribution >= 0.6 is 19.4 Å². The Labute approximate surface area is 238 Å². The van der Waals surface area contributed by atoms with E-state index < -0.39 is 7.67 Å². The Bertz CT molecular complexity index is 1640. The van der Waals surface area contributed by atoms with Crippen LogP contribution in [0.5, 0.6) is 5.75 Å². The van der Waals surface area contributed by atoms with E-state index in [1.165, 1.54) is 11.8 Å². The van der Waals surface area contributed by atoms with Gasteiger partial charge in [-0.15, -0.1) is 0 Å². The summed E-state index contributed by atoms with van der Waals surface area (Å²) in [6.07, 6.45) is 5.52. The van der Waals surface area contributed by atoms with Crippen molar-refractivity contribution in [1.29, 1.82) is 0 Å². The first kappa shape index (κ1) is 27.5. The number of fused-ring (bicyclic) bond motifs is 1. The second-order valence-electron chi connectivity index (χ2n) is 9.05.